The maximum Gasteiger partial charge on any atom is 0.238 e. The van der Waals surface area contributed by atoms with Crippen LogP contribution in [0.3, 0.4) is 0 Å². The highest BCUT2D eigenvalue weighted by Gasteiger charge is 2.33. The number of carbonyl (C=O) groups excluding carboxylic acids is 1. The van der Waals surface area contributed by atoms with E-state index in [2.05, 4.69) is 25.6 Å². The molecule has 26 heavy (non-hydrogen) atoms. The van der Waals surface area contributed by atoms with Crippen LogP contribution in [0.15, 0.2) is 36.7 Å². The van der Waals surface area contributed by atoms with Gasteiger partial charge < -0.3 is 9.88 Å². The van der Waals surface area contributed by atoms with Gasteiger partial charge in [0.15, 0.2) is 5.82 Å². The molecule has 2 aromatic heterocycles. The minimum atomic E-state index is -0.314. The van der Waals surface area contributed by atoms with E-state index in [4.69, 9.17) is 0 Å². The van der Waals surface area contributed by atoms with Crippen LogP contribution in [0.2, 0.25) is 0 Å². The average Bonchev–Trinajstić information content (AvgIpc) is 3.28. The van der Waals surface area contributed by atoms with Crippen molar-refractivity contribution in [3.05, 3.63) is 54.1 Å². The van der Waals surface area contributed by atoms with Crippen LogP contribution in [-0.2, 0) is 24.4 Å². The molecule has 1 atom stereocenters. The summed E-state index contributed by atoms with van der Waals surface area (Å²) in [6, 6.07) is 9.50. The third-order valence-corrected chi connectivity index (χ3v) is 4.61. The van der Waals surface area contributed by atoms with Crippen LogP contribution in [0.5, 0.6) is 0 Å². The summed E-state index contributed by atoms with van der Waals surface area (Å²) in [6.07, 6.45) is 1.69. The smallest absolute Gasteiger partial charge is 0.238 e. The molecule has 0 saturated carbocycles. The molecule has 1 aromatic carbocycles. The van der Waals surface area contributed by atoms with Crippen LogP contribution in [0.4, 0.5) is 0 Å². The number of amides is 1. The molecule has 1 amide bonds. The molecule has 0 saturated heterocycles. The average molecular weight is 352 g/mol. The zero-order chi connectivity index (χ0) is 18.1. The van der Waals surface area contributed by atoms with Gasteiger partial charge in [-0.3, -0.25) is 9.69 Å². The molecular formula is C17H20N8O. The lowest BCUT2D eigenvalue weighted by molar-refractivity contribution is -0.127. The van der Waals surface area contributed by atoms with E-state index in [1.165, 1.54) is 0 Å². The number of benzene rings is 1. The van der Waals surface area contributed by atoms with Gasteiger partial charge in [0.1, 0.15) is 24.0 Å². The van der Waals surface area contributed by atoms with E-state index < -0.39 is 0 Å². The molecule has 1 aliphatic heterocycles. The van der Waals surface area contributed by atoms with Crippen molar-refractivity contribution in [1.29, 1.82) is 0 Å². The Morgan fingerprint density at radius 1 is 1.27 bits per heavy atom. The fourth-order valence-corrected chi connectivity index (χ4v) is 3.20. The van der Waals surface area contributed by atoms with Crippen molar-refractivity contribution in [1.82, 2.24) is 39.7 Å². The second-order valence-electron chi connectivity index (χ2n) is 6.25. The lowest BCUT2D eigenvalue weighted by atomic mass is 10.1. The molecule has 0 aliphatic carbocycles. The van der Waals surface area contributed by atoms with Gasteiger partial charge in [-0.2, -0.15) is 0 Å². The number of nitrogens with zero attached hydrogens (tertiary/aromatic N) is 7. The molecule has 3 heterocycles. The van der Waals surface area contributed by atoms with Gasteiger partial charge in [0, 0.05) is 7.05 Å². The maximum absolute atomic E-state index is 12.4. The first-order valence-corrected chi connectivity index (χ1v) is 8.46. The highest BCUT2D eigenvalue weighted by atomic mass is 16.2. The summed E-state index contributed by atoms with van der Waals surface area (Å²) in [5, 5.41) is 15.6. The molecule has 1 aliphatic rings. The zero-order valence-corrected chi connectivity index (χ0v) is 14.7. The second-order valence-corrected chi connectivity index (χ2v) is 6.25. The van der Waals surface area contributed by atoms with Crippen molar-refractivity contribution in [2.24, 2.45) is 0 Å². The number of hydrogen-bond donors (Lipinski definition) is 1. The number of rotatable bonds is 4. The van der Waals surface area contributed by atoms with Crippen LogP contribution in [0.1, 0.15) is 17.5 Å². The van der Waals surface area contributed by atoms with Crippen molar-refractivity contribution < 1.29 is 4.79 Å². The van der Waals surface area contributed by atoms with Crippen molar-refractivity contribution in [3.63, 3.8) is 0 Å². The lowest BCUT2D eigenvalue weighted by Gasteiger charge is -2.34. The largest absolute Gasteiger partial charge is 0.358 e. The summed E-state index contributed by atoms with van der Waals surface area (Å²) >= 11 is 0. The van der Waals surface area contributed by atoms with Gasteiger partial charge in [-0.15, -0.1) is 15.3 Å². The standard InChI is InChI=1S/C17H20N8O/c1-12-20-21-16-10-23(14(8-24(12)16)17(26)18-2)9-15-19-11-25(22-15)13-6-4-3-5-7-13/h3-7,11,14H,8-10H2,1-2H3,(H,18,26). The number of aryl methyl sites for hydroxylation is 1. The van der Waals surface area contributed by atoms with Crippen molar-refractivity contribution in [3.8, 4) is 5.69 Å². The predicted molar refractivity (Wildman–Crippen MR) is 93.2 cm³/mol. The Hall–Kier alpha value is -3.07. The summed E-state index contributed by atoms with van der Waals surface area (Å²) in [5.41, 5.74) is 0.947. The maximum atomic E-state index is 12.4. The molecule has 0 bridgehead atoms. The van der Waals surface area contributed by atoms with E-state index >= 15 is 0 Å². The molecular weight excluding hydrogens is 332 g/mol. The molecule has 0 fully saturated rings. The summed E-state index contributed by atoms with van der Waals surface area (Å²) in [7, 11) is 1.65. The fourth-order valence-electron chi connectivity index (χ4n) is 3.20. The van der Waals surface area contributed by atoms with E-state index in [9.17, 15) is 4.79 Å². The number of fused-ring (bicyclic) bond motifs is 1. The van der Waals surface area contributed by atoms with E-state index in [-0.39, 0.29) is 11.9 Å². The molecule has 9 heteroatoms. The Kier molecular flexibility index (Phi) is 4.21. The number of aromatic nitrogens is 6. The first kappa shape index (κ1) is 16.4. The number of likely N-dealkylation sites (N-methyl/N-ethyl adjacent to an activating group) is 1. The first-order chi connectivity index (χ1) is 12.7. The summed E-state index contributed by atoms with van der Waals surface area (Å²) in [6.45, 7) is 3.41. The topological polar surface area (TPSA) is 93.8 Å². The summed E-state index contributed by atoms with van der Waals surface area (Å²) in [5.74, 6) is 2.30. The van der Waals surface area contributed by atoms with Gasteiger partial charge in [0.2, 0.25) is 5.91 Å². The fraction of sp³-hybridized carbons (Fsp3) is 0.353. The van der Waals surface area contributed by atoms with Crippen LogP contribution in [0.25, 0.3) is 5.69 Å². The molecule has 9 nitrogen and oxygen atoms in total. The van der Waals surface area contributed by atoms with Gasteiger partial charge in [-0.25, -0.2) is 9.67 Å². The highest BCUT2D eigenvalue weighted by molar-refractivity contribution is 5.81. The minimum Gasteiger partial charge on any atom is -0.358 e. The van der Waals surface area contributed by atoms with Gasteiger partial charge in [-0.05, 0) is 19.1 Å². The van der Waals surface area contributed by atoms with Gasteiger partial charge in [-0.1, -0.05) is 18.2 Å². The van der Waals surface area contributed by atoms with Crippen LogP contribution >= 0.6 is 0 Å². The molecule has 1 unspecified atom stereocenters. The van der Waals surface area contributed by atoms with E-state index in [1.54, 1.807) is 18.1 Å². The Labute approximate surface area is 150 Å². The SMILES string of the molecule is CNC(=O)C1Cn2c(C)nnc2CN1Cc1ncn(-c2ccccc2)n1. The monoisotopic (exact) mass is 352 g/mol. The van der Waals surface area contributed by atoms with E-state index in [0.29, 0.717) is 25.5 Å². The van der Waals surface area contributed by atoms with E-state index in [0.717, 1.165) is 17.3 Å². The van der Waals surface area contributed by atoms with Gasteiger partial charge >= 0.3 is 0 Å². The number of nitrogens with one attached hydrogen (secondary N) is 1. The highest BCUT2D eigenvalue weighted by Crippen LogP contribution is 2.19. The van der Waals surface area contributed by atoms with Crippen molar-refractivity contribution in [2.45, 2.75) is 32.6 Å². The third-order valence-electron chi connectivity index (χ3n) is 4.61. The molecule has 3 aromatic rings. The number of para-hydroxylation sites is 1. The molecule has 4 rings (SSSR count). The van der Waals surface area contributed by atoms with Crippen LogP contribution < -0.4 is 5.32 Å². The Bertz CT molecular complexity index is 916. The minimum absolute atomic E-state index is 0.0359. The Morgan fingerprint density at radius 2 is 2.08 bits per heavy atom. The number of carbonyl (C=O) groups is 1. The normalized spacial score (nSPS) is 17.1. The quantitative estimate of drug-likeness (QED) is 0.726. The molecule has 134 valence electrons. The Morgan fingerprint density at radius 3 is 2.85 bits per heavy atom. The van der Waals surface area contributed by atoms with Gasteiger partial charge in [0.25, 0.3) is 0 Å². The second kappa shape index (κ2) is 6.68. The molecule has 1 N–H and O–H groups in total. The number of hydrogen-bond acceptors (Lipinski definition) is 6. The summed E-state index contributed by atoms with van der Waals surface area (Å²) in [4.78, 5) is 18.8. The zero-order valence-electron chi connectivity index (χ0n) is 14.7. The first-order valence-electron chi connectivity index (χ1n) is 8.46. The summed E-state index contributed by atoms with van der Waals surface area (Å²) < 4.78 is 3.73. The molecule has 0 spiro atoms. The lowest BCUT2D eigenvalue weighted by Crippen LogP contribution is -2.51. The Balaban J connectivity index is 1.58. The van der Waals surface area contributed by atoms with Crippen LogP contribution in [-0.4, -0.2) is 53.4 Å². The van der Waals surface area contributed by atoms with E-state index in [1.807, 2.05) is 46.7 Å². The van der Waals surface area contributed by atoms with Gasteiger partial charge in [0.05, 0.1) is 25.3 Å². The third kappa shape index (κ3) is 2.97. The predicted octanol–water partition coefficient (Wildman–Crippen LogP) is 0.298. The van der Waals surface area contributed by atoms with Crippen molar-refractivity contribution in [2.75, 3.05) is 7.05 Å². The van der Waals surface area contributed by atoms with Crippen molar-refractivity contribution >= 4 is 5.91 Å². The molecule has 0 radical (unpaired) electrons. The van der Waals surface area contributed by atoms with Crippen LogP contribution in [0, 0.1) is 6.92 Å².